The van der Waals surface area contributed by atoms with Crippen LogP contribution in [0.25, 0.3) is 0 Å². The number of alkyl halides is 15. The second-order valence-corrected chi connectivity index (χ2v) is 5.60. The van der Waals surface area contributed by atoms with E-state index in [0.29, 0.717) is 7.05 Å². The Morgan fingerprint density at radius 3 is 1.39 bits per heavy atom. The number of hydrogen-bond donors (Lipinski definition) is 0. The predicted octanol–water partition coefficient (Wildman–Crippen LogP) is 3.93. The number of carbonyl (C=O) groups excluding carboxylic acids is 1. The smallest absolute Gasteiger partial charge is 0.285 e. The fourth-order valence-corrected chi connectivity index (χ4v) is 1.72. The molecular formula is C11H3F15N2O3. The summed E-state index contributed by atoms with van der Waals surface area (Å²) in [5, 5.41) is 2.12. The summed E-state index contributed by atoms with van der Waals surface area (Å²) in [7, 11) is 0.477. The lowest BCUT2D eigenvalue weighted by atomic mass is 9.89. The molecule has 0 atom stereocenters. The van der Waals surface area contributed by atoms with Crippen molar-refractivity contribution in [2.24, 2.45) is 7.05 Å². The van der Waals surface area contributed by atoms with Crippen LogP contribution in [0.2, 0.25) is 0 Å². The summed E-state index contributed by atoms with van der Waals surface area (Å²) in [6.07, 6.45) is -7.74. The molecule has 1 heterocycles. The van der Waals surface area contributed by atoms with E-state index in [9.17, 15) is 75.4 Å². The normalized spacial score (nSPS) is 15.4. The predicted molar refractivity (Wildman–Crippen MR) is 61.8 cm³/mol. The average molecular weight is 496 g/mol. The van der Waals surface area contributed by atoms with Gasteiger partial charge in [0.15, 0.2) is 0 Å². The molecule has 5 nitrogen and oxygen atoms in total. The molecule has 0 radical (unpaired) electrons. The summed E-state index contributed by atoms with van der Waals surface area (Å²) in [5.74, 6) is -52.7. The van der Waals surface area contributed by atoms with E-state index in [-0.39, 0.29) is 4.74 Å². The minimum absolute atomic E-state index is 0.258. The van der Waals surface area contributed by atoms with Crippen LogP contribution in [0.4, 0.5) is 65.9 Å². The molecule has 180 valence electrons. The standard InChI is InChI=1S/C11H3F15N2O3/c1-28-4(30)2(27-31-28)3(29)5(12,13)6(14,15)7(16,17)8(18,19)9(20,21)10(22,23)11(24,25)26/h1H3. The fourth-order valence-electron chi connectivity index (χ4n) is 1.72. The van der Waals surface area contributed by atoms with Crippen LogP contribution in [0.3, 0.4) is 0 Å². The van der Waals surface area contributed by atoms with Gasteiger partial charge in [-0.15, -0.1) is 4.74 Å². The quantitative estimate of drug-likeness (QED) is 0.424. The number of aromatic nitrogens is 2. The molecule has 0 aliphatic rings. The third-order valence-electron chi connectivity index (χ3n) is 3.57. The monoisotopic (exact) mass is 496 g/mol. The van der Waals surface area contributed by atoms with Gasteiger partial charge in [-0.3, -0.25) is 14.2 Å². The summed E-state index contributed by atoms with van der Waals surface area (Å²) >= 11 is 0. The van der Waals surface area contributed by atoms with Crippen LogP contribution < -0.4 is 5.56 Å². The van der Waals surface area contributed by atoms with Gasteiger partial charge in [-0.2, -0.15) is 65.9 Å². The zero-order chi connectivity index (χ0) is 25.2. The van der Waals surface area contributed by atoms with Gasteiger partial charge in [0.2, 0.25) is 5.69 Å². The first-order chi connectivity index (χ1) is 13.3. The Morgan fingerprint density at radius 1 is 0.710 bits per heavy atom. The Hall–Kier alpha value is -2.44. The van der Waals surface area contributed by atoms with Crippen molar-refractivity contribution in [2.45, 2.75) is 41.7 Å². The van der Waals surface area contributed by atoms with E-state index >= 15 is 0 Å². The zero-order valence-corrected chi connectivity index (χ0v) is 13.8. The van der Waals surface area contributed by atoms with E-state index in [4.69, 9.17) is 0 Å². The molecule has 0 aromatic carbocycles. The third kappa shape index (κ3) is 3.24. The number of aryl methyl sites for hydroxylation is 1. The molecule has 0 N–H and O–H groups in total. The Bertz CT molecular complexity index is 910. The summed E-state index contributed by atoms with van der Waals surface area (Å²) in [6.45, 7) is 0. The van der Waals surface area contributed by atoms with Gasteiger partial charge in [0, 0.05) is 0 Å². The van der Waals surface area contributed by atoms with Crippen molar-refractivity contribution in [1.29, 1.82) is 0 Å². The van der Waals surface area contributed by atoms with E-state index in [0.717, 1.165) is 0 Å². The van der Waals surface area contributed by atoms with Crippen LogP contribution in [-0.4, -0.2) is 57.4 Å². The molecule has 1 aromatic heterocycles. The SMILES string of the molecule is Cn1onc(C(=O)C(F)(F)C(F)(F)C(F)(F)C(F)(F)C(F)(F)C(F)(F)C(F)(F)F)c1=O. The number of nitrogens with zero attached hydrogens (tertiary/aromatic N) is 2. The van der Waals surface area contributed by atoms with Crippen LogP contribution in [0.5, 0.6) is 0 Å². The average Bonchev–Trinajstić information content (AvgIpc) is 2.91. The summed E-state index contributed by atoms with van der Waals surface area (Å²) < 4.78 is 198. The number of carbonyl (C=O) groups is 1. The first kappa shape index (κ1) is 26.6. The van der Waals surface area contributed by atoms with Crippen LogP contribution in [0.1, 0.15) is 10.5 Å². The van der Waals surface area contributed by atoms with Crippen molar-refractivity contribution in [2.75, 3.05) is 0 Å². The zero-order valence-electron chi connectivity index (χ0n) is 13.8. The highest BCUT2D eigenvalue weighted by Crippen LogP contribution is 2.62. The molecule has 0 unspecified atom stereocenters. The molecule has 1 rings (SSSR count). The summed E-state index contributed by atoms with van der Waals surface area (Å²) in [6, 6.07) is 0. The maximum Gasteiger partial charge on any atom is 0.460 e. The van der Waals surface area contributed by atoms with Crippen molar-refractivity contribution in [3.8, 4) is 0 Å². The van der Waals surface area contributed by atoms with Crippen LogP contribution in [0, 0.1) is 0 Å². The van der Waals surface area contributed by atoms with Crippen molar-refractivity contribution in [3.05, 3.63) is 16.0 Å². The van der Waals surface area contributed by atoms with Crippen LogP contribution in [0.15, 0.2) is 9.42 Å². The van der Waals surface area contributed by atoms with Gasteiger partial charge in [-0.25, -0.2) is 0 Å². The number of hydrogen-bond acceptors (Lipinski definition) is 4. The van der Waals surface area contributed by atoms with Crippen molar-refractivity contribution >= 4 is 5.78 Å². The van der Waals surface area contributed by atoms with E-state index in [1.807, 2.05) is 0 Å². The van der Waals surface area contributed by atoms with Gasteiger partial charge < -0.3 is 0 Å². The highest BCUT2D eigenvalue weighted by molar-refractivity contribution is 6.00. The van der Waals surface area contributed by atoms with Crippen molar-refractivity contribution in [1.82, 2.24) is 9.90 Å². The fraction of sp³-hybridized carbons (Fsp3) is 0.727. The first-order valence-electron chi connectivity index (χ1n) is 6.75. The lowest BCUT2D eigenvalue weighted by molar-refractivity contribution is -0.449. The maximum absolute atomic E-state index is 13.6. The Morgan fingerprint density at radius 2 is 1.06 bits per heavy atom. The van der Waals surface area contributed by atoms with Gasteiger partial charge in [-0.1, -0.05) is 0 Å². The molecule has 31 heavy (non-hydrogen) atoms. The lowest BCUT2D eigenvalue weighted by Gasteiger charge is -2.40. The van der Waals surface area contributed by atoms with Crippen LogP contribution >= 0.6 is 0 Å². The molecule has 0 spiro atoms. The topological polar surface area (TPSA) is 65.1 Å². The third-order valence-corrected chi connectivity index (χ3v) is 3.57. The number of halogens is 15. The number of ketones is 1. The molecule has 1 aromatic rings. The lowest BCUT2D eigenvalue weighted by Crippen LogP contribution is -2.73. The second kappa shape index (κ2) is 6.78. The molecule has 0 amide bonds. The van der Waals surface area contributed by atoms with Crippen molar-refractivity contribution in [3.63, 3.8) is 0 Å². The number of Topliss-reactive ketones (excluding diaryl/α,β-unsaturated/α-hetero) is 1. The van der Waals surface area contributed by atoms with E-state index in [1.165, 1.54) is 0 Å². The van der Waals surface area contributed by atoms with Gasteiger partial charge >= 0.3 is 47.3 Å². The summed E-state index contributed by atoms with van der Waals surface area (Å²) in [4.78, 5) is 22.4. The van der Waals surface area contributed by atoms with E-state index in [2.05, 4.69) is 9.79 Å². The summed E-state index contributed by atoms with van der Waals surface area (Å²) in [5.41, 5.74) is -4.59. The largest absolute Gasteiger partial charge is 0.460 e. The Balaban J connectivity index is 3.67. The second-order valence-electron chi connectivity index (χ2n) is 5.60. The van der Waals surface area contributed by atoms with E-state index < -0.39 is 58.7 Å². The van der Waals surface area contributed by atoms with Crippen LogP contribution in [-0.2, 0) is 7.05 Å². The minimum atomic E-state index is -8.54. The highest BCUT2D eigenvalue weighted by atomic mass is 19.4. The van der Waals surface area contributed by atoms with Crippen molar-refractivity contribution < 1.29 is 75.3 Å². The molecule has 0 aliphatic heterocycles. The number of rotatable bonds is 7. The Labute approximate surface area is 157 Å². The Kier molecular flexibility index (Phi) is 5.81. The molecule has 0 saturated carbocycles. The maximum atomic E-state index is 13.6. The molecule has 0 aliphatic carbocycles. The first-order valence-corrected chi connectivity index (χ1v) is 6.75. The molecule has 0 bridgehead atoms. The van der Waals surface area contributed by atoms with Gasteiger partial charge in [-0.05, 0) is 5.16 Å². The molecular weight excluding hydrogens is 493 g/mol. The van der Waals surface area contributed by atoms with Gasteiger partial charge in [0.05, 0.1) is 7.05 Å². The molecule has 0 saturated heterocycles. The van der Waals surface area contributed by atoms with Gasteiger partial charge in [0.1, 0.15) is 0 Å². The minimum Gasteiger partial charge on any atom is -0.285 e. The molecule has 0 fully saturated rings. The van der Waals surface area contributed by atoms with E-state index in [1.54, 1.807) is 0 Å². The molecule has 20 heteroatoms. The highest BCUT2D eigenvalue weighted by Gasteiger charge is 2.94. The van der Waals surface area contributed by atoms with Gasteiger partial charge in [0.25, 0.3) is 5.78 Å².